The number of anilines is 2. The molecule has 2 N–H and O–H groups in total. The molecule has 0 unspecified atom stereocenters. The van der Waals surface area contributed by atoms with Crippen LogP contribution in [-0.4, -0.2) is 21.9 Å². The lowest BCUT2D eigenvalue weighted by atomic mass is 10.3. The highest BCUT2D eigenvalue weighted by Crippen LogP contribution is 2.19. The van der Waals surface area contributed by atoms with Gasteiger partial charge in [0.1, 0.15) is 11.5 Å². The highest BCUT2D eigenvalue weighted by Gasteiger charge is 2.24. The number of carbonyl (C=O) groups is 1. The summed E-state index contributed by atoms with van der Waals surface area (Å²) in [6.07, 6.45) is 5.11. The highest BCUT2D eigenvalue weighted by molar-refractivity contribution is 6.30. The molecule has 5 nitrogen and oxygen atoms in total. The first-order valence-corrected chi connectivity index (χ1v) is 6.74. The summed E-state index contributed by atoms with van der Waals surface area (Å²) < 4.78 is 0. The third-order valence-electron chi connectivity index (χ3n) is 2.91. The first kappa shape index (κ1) is 12.9. The number of hydrogen-bond donors (Lipinski definition) is 2. The van der Waals surface area contributed by atoms with Crippen molar-refractivity contribution in [3.8, 4) is 0 Å². The van der Waals surface area contributed by atoms with Crippen molar-refractivity contribution in [2.75, 3.05) is 5.32 Å². The van der Waals surface area contributed by atoms with E-state index in [2.05, 4.69) is 20.6 Å². The Labute approximate surface area is 121 Å². The molecule has 1 aliphatic rings. The van der Waals surface area contributed by atoms with Crippen LogP contribution in [0.25, 0.3) is 0 Å². The maximum Gasteiger partial charge on any atom is 0.271 e. The van der Waals surface area contributed by atoms with Gasteiger partial charge in [0.25, 0.3) is 5.91 Å². The van der Waals surface area contributed by atoms with Crippen molar-refractivity contribution in [3.63, 3.8) is 0 Å². The number of hydrogen-bond acceptors (Lipinski definition) is 4. The van der Waals surface area contributed by atoms with E-state index < -0.39 is 0 Å². The Kier molecular flexibility index (Phi) is 3.52. The quantitative estimate of drug-likeness (QED) is 0.908. The van der Waals surface area contributed by atoms with E-state index in [-0.39, 0.29) is 5.91 Å². The van der Waals surface area contributed by atoms with Gasteiger partial charge in [-0.2, -0.15) is 0 Å². The number of carbonyl (C=O) groups excluding carboxylic acids is 1. The first-order valence-electron chi connectivity index (χ1n) is 6.36. The monoisotopic (exact) mass is 288 g/mol. The molecule has 1 heterocycles. The zero-order chi connectivity index (χ0) is 13.9. The summed E-state index contributed by atoms with van der Waals surface area (Å²) in [6, 6.07) is 7.58. The van der Waals surface area contributed by atoms with Crippen LogP contribution in [-0.2, 0) is 0 Å². The number of halogens is 1. The van der Waals surface area contributed by atoms with E-state index in [4.69, 9.17) is 11.6 Å². The minimum Gasteiger partial charge on any atom is -0.348 e. The maximum absolute atomic E-state index is 11.8. The molecule has 6 heteroatoms. The van der Waals surface area contributed by atoms with E-state index in [1.165, 1.54) is 12.4 Å². The second-order valence-electron chi connectivity index (χ2n) is 4.67. The van der Waals surface area contributed by atoms with Gasteiger partial charge in [0, 0.05) is 16.8 Å². The van der Waals surface area contributed by atoms with Crippen molar-refractivity contribution >= 4 is 29.0 Å². The van der Waals surface area contributed by atoms with Crippen LogP contribution in [0.5, 0.6) is 0 Å². The van der Waals surface area contributed by atoms with Crippen molar-refractivity contribution in [2.45, 2.75) is 18.9 Å². The van der Waals surface area contributed by atoms with Gasteiger partial charge in [-0.05, 0) is 37.1 Å². The summed E-state index contributed by atoms with van der Waals surface area (Å²) in [5, 5.41) is 6.63. The first-order chi connectivity index (χ1) is 9.70. The van der Waals surface area contributed by atoms with E-state index in [0.717, 1.165) is 18.5 Å². The van der Waals surface area contributed by atoms with Gasteiger partial charge in [-0.3, -0.25) is 4.79 Å². The van der Waals surface area contributed by atoms with Crippen LogP contribution in [0.2, 0.25) is 5.02 Å². The average molecular weight is 289 g/mol. The van der Waals surface area contributed by atoms with Gasteiger partial charge in [-0.1, -0.05) is 11.6 Å². The fourth-order valence-electron chi connectivity index (χ4n) is 1.68. The van der Waals surface area contributed by atoms with Crippen molar-refractivity contribution in [1.29, 1.82) is 0 Å². The van der Waals surface area contributed by atoms with Crippen LogP contribution < -0.4 is 10.6 Å². The fraction of sp³-hybridized carbons (Fsp3) is 0.214. The summed E-state index contributed by atoms with van der Waals surface area (Å²) in [6.45, 7) is 0. The smallest absolute Gasteiger partial charge is 0.271 e. The number of aromatic nitrogens is 2. The molecule has 0 radical (unpaired) electrons. The zero-order valence-electron chi connectivity index (χ0n) is 10.6. The summed E-state index contributed by atoms with van der Waals surface area (Å²) in [7, 11) is 0. The molecule has 1 fully saturated rings. The number of amides is 1. The molecule has 1 saturated carbocycles. The minimum atomic E-state index is -0.168. The van der Waals surface area contributed by atoms with Crippen LogP contribution in [0.15, 0.2) is 36.7 Å². The number of benzene rings is 1. The molecule has 1 amide bonds. The predicted octanol–water partition coefficient (Wildman–Crippen LogP) is 2.77. The van der Waals surface area contributed by atoms with Crippen LogP contribution in [0.1, 0.15) is 23.3 Å². The summed E-state index contributed by atoms with van der Waals surface area (Å²) in [5.74, 6) is 0.410. The lowest BCUT2D eigenvalue weighted by Gasteiger charge is -2.06. The van der Waals surface area contributed by atoms with Gasteiger partial charge >= 0.3 is 0 Å². The Morgan fingerprint density at radius 1 is 1.15 bits per heavy atom. The second kappa shape index (κ2) is 5.46. The van der Waals surface area contributed by atoms with E-state index >= 15 is 0 Å². The van der Waals surface area contributed by atoms with Gasteiger partial charge in [-0.15, -0.1) is 0 Å². The standard InChI is InChI=1S/C14H13ClN4O/c15-9-1-3-10(4-2-9)18-13-8-16-12(7-17-13)14(20)19-11-5-6-11/h1-4,7-8,11H,5-6H2,(H,17,18)(H,19,20). The Hall–Kier alpha value is -2.14. The lowest BCUT2D eigenvalue weighted by molar-refractivity contribution is 0.0945. The topological polar surface area (TPSA) is 66.9 Å². The third kappa shape index (κ3) is 3.24. The molecule has 0 bridgehead atoms. The fourth-order valence-corrected chi connectivity index (χ4v) is 1.80. The highest BCUT2D eigenvalue weighted by atomic mass is 35.5. The molecule has 0 saturated heterocycles. The molecule has 0 spiro atoms. The second-order valence-corrected chi connectivity index (χ2v) is 5.10. The summed E-state index contributed by atoms with van der Waals surface area (Å²) in [5.41, 5.74) is 1.19. The molecule has 0 atom stereocenters. The normalized spacial score (nSPS) is 13.8. The molecule has 3 rings (SSSR count). The molecule has 1 aromatic carbocycles. The average Bonchev–Trinajstić information content (AvgIpc) is 3.26. The Morgan fingerprint density at radius 3 is 2.50 bits per heavy atom. The van der Waals surface area contributed by atoms with E-state index in [1.807, 2.05) is 12.1 Å². The van der Waals surface area contributed by atoms with E-state index in [1.54, 1.807) is 12.1 Å². The minimum absolute atomic E-state index is 0.168. The van der Waals surface area contributed by atoms with Gasteiger partial charge < -0.3 is 10.6 Å². The van der Waals surface area contributed by atoms with E-state index in [0.29, 0.717) is 22.6 Å². The van der Waals surface area contributed by atoms with Crippen molar-refractivity contribution < 1.29 is 4.79 Å². The number of nitrogens with one attached hydrogen (secondary N) is 2. The maximum atomic E-state index is 11.8. The molecule has 0 aliphatic heterocycles. The van der Waals surface area contributed by atoms with Gasteiger partial charge in [0.05, 0.1) is 12.4 Å². The Bertz CT molecular complexity index is 608. The van der Waals surface area contributed by atoms with Crippen molar-refractivity contribution in [2.24, 2.45) is 0 Å². The Balaban J connectivity index is 1.66. The van der Waals surface area contributed by atoms with Crippen molar-refractivity contribution in [1.82, 2.24) is 15.3 Å². The largest absolute Gasteiger partial charge is 0.348 e. The molecule has 102 valence electrons. The molecule has 2 aromatic rings. The molecule has 1 aliphatic carbocycles. The van der Waals surface area contributed by atoms with Crippen LogP contribution in [0, 0.1) is 0 Å². The molecular formula is C14H13ClN4O. The molecule has 1 aromatic heterocycles. The Morgan fingerprint density at radius 2 is 1.90 bits per heavy atom. The SMILES string of the molecule is O=C(NC1CC1)c1cnc(Nc2ccc(Cl)cc2)cn1. The van der Waals surface area contributed by atoms with Crippen molar-refractivity contribution in [3.05, 3.63) is 47.4 Å². The molecule has 20 heavy (non-hydrogen) atoms. The number of rotatable bonds is 4. The van der Waals surface area contributed by atoms with Crippen LogP contribution in [0.3, 0.4) is 0 Å². The third-order valence-corrected chi connectivity index (χ3v) is 3.17. The zero-order valence-corrected chi connectivity index (χ0v) is 11.4. The number of nitrogens with zero attached hydrogens (tertiary/aromatic N) is 2. The van der Waals surface area contributed by atoms with Crippen LogP contribution in [0.4, 0.5) is 11.5 Å². The predicted molar refractivity (Wildman–Crippen MR) is 77.3 cm³/mol. The summed E-state index contributed by atoms with van der Waals surface area (Å²) >= 11 is 5.82. The van der Waals surface area contributed by atoms with E-state index in [9.17, 15) is 4.79 Å². The van der Waals surface area contributed by atoms with Gasteiger partial charge in [0.15, 0.2) is 0 Å². The summed E-state index contributed by atoms with van der Waals surface area (Å²) in [4.78, 5) is 20.0. The van der Waals surface area contributed by atoms with Gasteiger partial charge in [-0.25, -0.2) is 9.97 Å². The van der Waals surface area contributed by atoms with Gasteiger partial charge in [0.2, 0.25) is 0 Å². The lowest BCUT2D eigenvalue weighted by Crippen LogP contribution is -2.26. The van der Waals surface area contributed by atoms with Crippen LogP contribution >= 0.6 is 11.6 Å². The molecular weight excluding hydrogens is 276 g/mol.